The molecular weight excluding hydrogens is 476 g/mol. The lowest BCUT2D eigenvalue weighted by molar-refractivity contribution is -0.148. The lowest BCUT2D eigenvalue weighted by Gasteiger charge is -2.44. The summed E-state index contributed by atoms with van der Waals surface area (Å²) >= 11 is 0. The van der Waals surface area contributed by atoms with E-state index in [2.05, 4.69) is 43.9 Å². The maximum Gasteiger partial charge on any atom is 0.327 e. The van der Waals surface area contributed by atoms with E-state index in [0.717, 1.165) is 74.4 Å². The van der Waals surface area contributed by atoms with Gasteiger partial charge in [0.2, 0.25) is 0 Å². The van der Waals surface area contributed by atoms with E-state index in [0.29, 0.717) is 6.04 Å². The Bertz CT molecular complexity index is 1220. The van der Waals surface area contributed by atoms with E-state index in [4.69, 9.17) is 15.9 Å². The summed E-state index contributed by atoms with van der Waals surface area (Å²) in [4.78, 5) is 24.2. The smallest absolute Gasteiger partial charge is 0.327 e. The van der Waals surface area contributed by atoms with Crippen LogP contribution in [0.25, 0.3) is 11.1 Å². The summed E-state index contributed by atoms with van der Waals surface area (Å²) in [6, 6.07) is 20.3. The SMILES string of the molecule is COC(=O)C(c1ccc(-c2ccncc2)cc1)N1CCC(N2CCN(c3ccc(C(=N)N)cc3)CC2)CC1. The number of nitrogens with two attached hydrogens (primary N) is 1. The first-order valence-corrected chi connectivity index (χ1v) is 13.3. The first-order chi connectivity index (χ1) is 18.5. The Labute approximate surface area is 224 Å². The molecule has 0 spiro atoms. The second-order valence-corrected chi connectivity index (χ2v) is 10.0. The summed E-state index contributed by atoms with van der Waals surface area (Å²) in [5.41, 5.74) is 10.7. The van der Waals surface area contributed by atoms with Gasteiger partial charge in [0.15, 0.2) is 0 Å². The van der Waals surface area contributed by atoms with Crippen molar-refractivity contribution in [2.75, 3.05) is 51.3 Å². The molecule has 2 fully saturated rings. The number of hydrogen-bond donors (Lipinski definition) is 2. The first-order valence-electron chi connectivity index (χ1n) is 13.3. The molecule has 3 aromatic rings. The normalized spacial score (nSPS) is 18.2. The molecule has 1 unspecified atom stereocenters. The van der Waals surface area contributed by atoms with Gasteiger partial charge in [0.25, 0.3) is 0 Å². The number of nitrogens with one attached hydrogen (secondary N) is 1. The molecule has 2 saturated heterocycles. The molecule has 2 aromatic carbocycles. The number of piperidine rings is 1. The fourth-order valence-electron chi connectivity index (χ4n) is 5.72. The van der Waals surface area contributed by atoms with Crippen molar-refractivity contribution in [3.63, 3.8) is 0 Å². The predicted molar refractivity (Wildman–Crippen MR) is 150 cm³/mol. The Balaban J connectivity index is 1.17. The minimum atomic E-state index is -0.387. The molecule has 0 saturated carbocycles. The third-order valence-electron chi connectivity index (χ3n) is 7.90. The zero-order valence-corrected chi connectivity index (χ0v) is 21.9. The second kappa shape index (κ2) is 11.8. The molecule has 0 radical (unpaired) electrons. The molecule has 38 heavy (non-hydrogen) atoms. The minimum Gasteiger partial charge on any atom is -0.468 e. The number of amidine groups is 1. The Morgan fingerprint density at radius 2 is 1.50 bits per heavy atom. The molecular formula is C30H36N6O2. The number of carbonyl (C=O) groups excluding carboxylic acids is 1. The van der Waals surface area contributed by atoms with E-state index in [1.807, 2.05) is 36.4 Å². The van der Waals surface area contributed by atoms with Crippen LogP contribution in [0.15, 0.2) is 73.1 Å². The van der Waals surface area contributed by atoms with Gasteiger partial charge in [-0.2, -0.15) is 0 Å². The molecule has 3 N–H and O–H groups in total. The molecule has 0 aliphatic carbocycles. The number of nitrogen functional groups attached to an aromatic ring is 1. The number of aromatic nitrogens is 1. The fourth-order valence-corrected chi connectivity index (χ4v) is 5.72. The van der Waals surface area contributed by atoms with Crippen LogP contribution in [0.4, 0.5) is 5.69 Å². The van der Waals surface area contributed by atoms with Crippen LogP contribution in [0.1, 0.15) is 30.0 Å². The molecule has 1 aromatic heterocycles. The number of likely N-dealkylation sites (tertiary alicyclic amines) is 1. The lowest BCUT2D eigenvalue weighted by Crippen LogP contribution is -2.54. The molecule has 198 valence electrons. The third kappa shape index (κ3) is 5.71. The minimum absolute atomic E-state index is 0.101. The third-order valence-corrected chi connectivity index (χ3v) is 7.90. The molecule has 5 rings (SSSR count). The van der Waals surface area contributed by atoms with Crippen molar-refractivity contribution in [1.82, 2.24) is 14.8 Å². The van der Waals surface area contributed by atoms with Gasteiger partial charge >= 0.3 is 5.97 Å². The van der Waals surface area contributed by atoms with Gasteiger partial charge in [-0.1, -0.05) is 24.3 Å². The van der Waals surface area contributed by atoms with Crippen LogP contribution >= 0.6 is 0 Å². The second-order valence-electron chi connectivity index (χ2n) is 10.0. The quantitative estimate of drug-likeness (QED) is 0.284. The number of hydrogen-bond acceptors (Lipinski definition) is 7. The maximum atomic E-state index is 12.9. The zero-order valence-electron chi connectivity index (χ0n) is 21.9. The largest absolute Gasteiger partial charge is 0.468 e. The number of nitrogens with zero attached hydrogens (tertiary/aromatic N) is 4. The summed E-state index contributed by atoms with van der Waals surface area (Å²) in [5, 5.41) is 7.58. The van der Waals surface area contributed by atoms with E-state index >= 15 is 0 Å². The number of anilines is 1. The Morgan fingerprint density at radius 3 is 2.08 bits per heavy atom. The van der Waals surface area contributed by atoms with Crippen molar-refractivity contribution >= 4 is 17.5 Å². The summed E-state index contributed by atoms with van der Waals surface area (Å²) in [7, 11) is 1.47. The van der Waals surface area contributed by atoms with Crippen molar-refractivity contribution < 1.29 is 9.53 Å². The molecule has 0 amide bonds. The summed E-state index contributed by atoms with van der Waals surface area (Å²) in [6.07, 6.45) is 5.65. The Kier molecular flexibility index (Phi) is 8.00. The number of pyridine rings is 1. The highest BCUT2D eigenvalue weighted by Crippen LogP contribution is 2.30. The standard InChI is InChI=1S/C30H36N6O2/c1-38-30(37)28(24-4-2-22(3-5-24)23-10-14-33-15-11-23)36-16-12-27(13-17-36)35-20-18-34(19-21-35)26-8-6-25(7-9-26)29(31)32/h2-11,14-15,27-28H,12-13,16-21H2,1H3,(H3,31,32). The Hall–Kier alpha value is -3.75. The number of rotatable bonds is 7. The monoisotopic (exact) mass is 512 g/mol. The van der Waals surface area contributed by atoms with Gasteiger partial charge in [0.05, 0.1) is 7.11 Å². The molecule has 0 bridgehead atoms. The molecule has 1 atom stereocenters. The highest BCUT2D eigenvalue weighted by atomic mass is 16.5. The number of benzene rings is 2. The molecule has 2 aliphatic heterocycles. The molecule has 8 heteroatoms. The number of ether oxygens (including phenoxy) is 1. The van der Waals surface area contributed by atoms with Crippen molar-refractivity contribution in [1.29, 1.82) is 5.41 Å². The van der Waals surface area contributed by atoms with Gasteiger partial charge in [-0.3, -0.25) is 20.2 Å². The number of piperazine rings is 1. The van der Waals surface area contributed by atoms with E-state index in [-0.39, 0.29) is 17.8 Å². The van der Waals surface area contributed by atoms with E-state index < -0.39 is 0 Å². The average Bonchev–Trinajstić information content (AvgIpc) is 2.98. The van der Waals surface area contributed by atoms with E-state index in [9.17, 15) is 4.79 Å². The van der Waals surface area contributed by atoms with Crippen LogP contribution in [0.3, 0.4) is 0 Å². The van der Waals surface area contributed by atoms with Crippen molar-refractivity contribution in [3.8, 4) is 11.1 Å². The van der Waals surface area contributed by atoms with Crippen LogP contribution < -0.4 is 10.6 Å². The van der Waals surface area contributed by atoms with E-state index in [1.165, 1.54) is 12.8 Å². The number of esters is 1. The first kappa shape index (κ1) is 25.9. The number of methoxy groups -OCH3 is 1. The molecule has 2 aliphatic rings. The van der Waals surface area contributed by atoms with Gasteiger partial charge in [-0.05, 0) is 65.9 Å². The summed E-state index contributed by atoms with van der Waals surface area (Å²) in [6.45, 7) is 5.74. The van der Waals surface area contributed by atoms with Crippen molar-refractivity contribution in [2.24, 2.45) is 5.73 Å². The van der Waals surface area contributed by atoms with Crippen LogP contribution in [0, 0.1) is 5.41 Å². The van der Waals surface area contributed by atoms with Crippen LogP contribution in [-0.4, -0.2) is 79.0 Å². The highest BCUT2D eigenvalue weighted by molar-refractivity contribution is 5.95. The lowest BCUT2D eigenvalue weighted by atomic mass is 9.96. The highest BCUT2D eigenvalue weighted by Gasteiger charge is 2.34. The Morgan fingerprint density at radius 1 is 0.895 bits per heavy atom. The van der Waals surface area contributed by atoms with Gasteiger partial charge in [0, 0.05) is 69.0 Å². The van der Waals surface area contributed by atoms with Gasteiger partial charge < -0.3 is 15.4 Å². The summed E-state index contributed by atoms with van der Waals surface area (Å²) < 4.78 is 5.23. The predicted octanol–water partition coefficient (Wildman–Crippen LogP) is 3.53. The van der Waals surface area contributed by atoms with Crippen LogP contribution in [-0.2, 0) is 9.53 Å². The van der Waals surface area contributed by atoms with Crippen molar-refractivity contribution in [3.05, 3.63) is 84.2 Å². The fraction of sp³-hybridized carbons (Fsp3) is 0.367. The van der Waals surface area contributed by atoms with Gasteiger partial charge in [0.1, 0.15) is 11.9 Å². The maximum absolute atomic E-state index is 12.9. The van der Waals surface area contributed by atoms with Crippen LogP contribution in [0.5, 0.6) is 0 Å². The molecule has 3 heterocycles. The van der Waals surface area contributed by atoms with Crippen molar-refractivity contribution in [2.45, 2.75) is 24.9 Å². The van der Waals surface area contributed by atoms with Gasteiger partial charge in [-0.25, -0.2) is 4.79 Å². The number of carbonyl (C=O) groups is 1. The average molecular weight is 513 g/mol. The van der Waals surface area contributed by atoms with Gasteiger partial charge in [-0.15, -0.1) is 0 Å². The molecule has 8 nitrogen and oxygen atoms in total. The topological polar surface area (TPSA) is 98.8 Å². The van der Waals surface area contributed by atoms with E-state index in [1.54, 1.807) is 12.4 Å². The van der Waals surface area contributed by atoms with Crippen LogP contribution in [0.2, 0.25) is 0 Å². The summed E-state index contributed by atoms with van der Waals surface area (Å²) in [5.74, 6) is -0.103. The zero-order chi connectivity index (χ0) is 26.5.